The fraction of sp³-hybridized carbons (Fsp3) is 0.786. The summed E-state index contributed by atoms with van der Waals surface area (Å²) in [4.78, 5) is 54.8. The van der Waals surface area contributed by atoms with Crippen LogP contribution in [0.3, 0.4) is 0 Å². The van der Waals surface area contributed by atoms with Crippen LogP contribution in [0.4, 0.5) is 4.79 Å². The first-order valence-electron chi connectivity index (χ1n) is 14.1. The molecule has 3 N–H and O–H groups in total. The summed E-state index contributed by atoms with van der Waals surface area (Å²) >= 11 is -1.65. The zero-order chi connectivity index (χ0) is 29.6. The van der Waals surface area contributed by atoms with E-state index in [2.05, 4.69) is 15.4 Å². The third-order valence-corrected chi connectivity index (χ3v) is 8.40. The van der Waals surface area contributed by atoms with Crippen LogP contribution in [-0.2, 0) is 30.5 Å². The van der Waals surface area contributed by atoms with Crippen molar-refractivity contribution in [2.24, 2.45) is 5.92 Å². The van der Waals surface area contributed by atoms with E-state index >= 15 is 0 Å². The van der Waals surface area contributed by atoms with Gasteiger partial charge in [0.2, 0.25) is 11.8 Å². The summed E-state index contributed by atoms with van der Waals surface area (Å²) in [6.45, 7) is 14.4. The van der Waals surface area contributed by atoms with Crippen molar-refractivity contribution in [2.45, 2.75) is 128 Å². The van der Waals surface area contributed by atoms with Gasteiger partial charge in [0.25, 0.3) is 5.91 Å². The lowest BCUT2D eigenvalue weighted by molar-refractivity contribution is -0.143. The maximum atomic E-state index is 13.7. The van der Waals surface area contributed by atoms with E-state index in [-0.39, 0.29) is 18.4 Å². The SMILES string of the molecule is CC[C@H]1C(=O)N[C@]2(C(=O)N[S@+]([O-])C(C)(C)C)C[C@H]2/C=C\CCCCC[C@H](NC(=O)OC(C)(C)C)C(=O)N1CC. The molecule has 1 saturated carbocycles. The second-order valence-electron chi connectivity index (χ2n) is 12.4. The highest BCUT2D eigenvalue weighted by atomic mass is 32.2. The number of nitrogens with zero attached hydrogens (tertiary/aromatic N) is 1. The van der Waals surface area contributed by atoms with Crippen LogP contribution in [0.1, 0.15) is 100 Å². The molecular weight excluding hydrogens is 520 g/mol. The molecule has 39 heavy (non-hydrogen) atoms. The third kappa shape index (κ3) is 9.13. The highest BCUT2D eigenvalue weighted by Crippen LogP contribution is 2.45. The van der Waals surface area contributed by atoms with Crippen molar-refractivity contribution in [3.8, 4) is 0 Å². The first kappa shape index (κ1) is 32.9. The molecule has 0 aromatic heterocycles. The number of nitrogens with one attached hydrogen (secondary N) is 3. The second kappa shape index (κ2) is 13.4. The van der Waals surface area contributed by atoms with E-state index in [0.717, 1.165) is 25.7 Å². The topological polar surface area (TPSA) is 140 Å². The summed E-state index contributed by atoms with van der Waals surface area (Å²) in [5.74, 6) is -1.53. The molecule has 0 unspecified atom stereocenters. The molecule has 2 aliphatic rings. The van der Waals surface area contributed by atoms with Crippen molar-refractivity contribution < 1.29 is 28.5 Å². The predicted molar refractivity (Wildman–Crippen MR) is 152 cm³/mol. The molecule has 1 aliphatic carbocycles. The Balaban J connectivity index is 2.35. The summed E-state index contributed by atoms with van der Waals surface area (Å²) in [7, 11) is 0. The maximum Gasteiger partial charge on any atom is 0.408 e. The molecule has 0 spiro atoms. The summed E-state index contributed by atoms with van der Waals surface area (Å²) in [6, 6.07) is -1.69. The lowest BCUT2D eigenvalue weighted by Crippen LogP contribution is -2.60. The Labute approximate surface area is 236 Å². The minimum Gasteiger partial charge on any atom is -0.593 e. The molecule has 5 atom stereocenters. The van der Waals surface area contributed by atoms with Gasteiger partial charge < -0.3 is 24.8 Å². The number of carbonyl (C=O) groups excluding carboxylic acids is 4. The molecular formula is C28H48N4O6S. The van der Waals surface area contributed by atoms with Crippen LogP contribution in [0.15, 0.2) is 12.2 Å². The van der Waals surface area contributed by atoms with Crippen LogP contribution in [0, 0.1) is 5.92 Å². The molecule has 0 bridgehead atoms. The van der Waals surface area contributed by atoms with Crippen molar-refractivity contribution in [2.75, 3.05) is 6.54 Å². The third-order valence-electron chi connectivity index (χ3n) is 6.92. The van der Waals surface area contributed by atoms with Crippen molar-refractivity contribution in [1.29, 1.82) is 0 Å². The Morgan fingerprint density at radius 3 is 2.38 bits per heavy atom. The first-order chi connectivity index (χ1) is 18.1. The average molecular weight is 569 g/mol. The molecule has 11 heteroatoms. The molecule has 0 aromatic rings. The quantitative estimate of drug-likeness (QED) is 0.343. The van der Waals surface area contributed by atoms with Crippen LogP contribution in [-0.4, -0.2) is 67.8 Å². The van der Waals surface area contributed by atoms with Crippen molar-refractivity contribution >= 4 is 35.2 Å². The monoisotopic (exact) mass is 568 g/mol. The van der Waals surface area contributed by atoms with Gasteiger partial charge in [-0.3, -0.25) is 14.4 Å². The summed E-state index contributed by atoms with van der Waals surface area (Å²) in [5, 5.41) is 5.65. The molecule has 10 nitrogen and oxygen atoms in total. The Morgan fingerprint density at radius 2 is 1.82 bits per heavy atom. The largest absolute Gasteiger partial charge is 0.593 e. The minimum absolute atomic E-state index is 0.228. The van der Waals surface area contributed by atoms with E-state index in [1.807, 2.05) is 12.2 Å². The molecule has 2 rings (SSSR count). The Hall–Kier alpha value is -2.27. The van der Waals surface area contributed by atoms with Gasteiger partial charge in [-0.15, -0.1) is 0 Å². The number of carbonyl (C=O) groups is 4. The smallest absolute Gasteiger partial charge is 0.408 e. The Kier molecular flexibility index (Phi) is 11.3. The Bertz CT molecular complexity index is 928. The number of alkyl carbamates (subject to hydrolysis) is 1. The lowest BCUT2D eigenvalue weighted by atomic mass is 10.0. The number of amides is 4. The van der Waals surface area contributed by atoms with Crippen LogP contribution >= 0.6 is 0 Å². The van der Waals surface area contributed by atoms with E-state index in [1.54, 1.807) is 55.4 Å². The molecule has 222 valence electrons. The summed E-state index contributed by atoms with van der Waals surface area (Å²) < 4.78 is 20.0. The standard InChI is InChI=1S/C28H48N4O6S/c1-9-21-22(33)30-28(24(35)31-39(37)27(6,7)8)18-19(28)16-14-12-11-13-15-17-20(23(34)32(21)10-2)29-25(36)38-26(3,4)5/h14,16,19-21H,9-13,15,17-18H2,1-8H3,(H,29,36)(H,30,33)(H,31,35)/b16-14-/t19-,20+,21+,28-,39-/m1/s1. The number of allylic oxidation sites excluding steroid dienone is 1. The Morgan fingerprint density at radius 1 is 1.15 bits per heavy atom. The molecule has 0 saturated heterocycles. The van der Waals surface area contributed by atoms with Gasteiger partial charge in [0.05, 0.1) is 11.4 Å². The minimum atomic E-state index is -1.65. The first-order valence-corrected chi connectivity index (χ1v) is 15.2. The van der Waals surface area contributed by atoms with Gasteiger partial charge in [0.15, 0.2) is 0 Å². The molecule has 0 aromatic carbocycles. The van der Waals surface area contributed by atoms with E-state index in [9.17, 15) is 23.7 Å². The summed E-state index contributed by atoms with van der Waals surface area (Å²) in [5.41, 5.74) is -1.94. The van der Waals surface area contributed by atoms with E-state index in [0.29, 0.717) is 19.3 Å². The van der Waals surface area contributed by atoms with Gasteiger partial charge in [-0.05, 0) is 80.6 Å². The number of fused-ring (bicyclic) bond motifs is 1. The molecule has 1 heterocycles. The average Bonchev–Trinajstić information content (AvgIpc) is 3.51. The van der Waals surface area contributed by atoms with E-state index in [1.165, 1.54) is 4.90 Å². The highest BCUT2D eigenvalue weighted by molar-refractivity contribution is 7.91. The van der Waals surface area contributed by atoms with E-state index in [4.69, 9.17) is 4.74 Å². The lowest BCUT2D eigenvalue weighted by Gasteiger charge is -2.34. The van der Waals surface area contributed by atoms with Gasteiger partial charge in [-0.1, -0.05) is 31.9 Å². The molecule has 4 amide bonds. The molecule has 0 radical (unpaired) electrons. The zero-order valence-electron chi connectivity index (χ0n) is 24.8. The number of hydrogen-bond acceptors (Lipinski definition) is 6. The van der Waals surface area contributed by atoms with E-state index < -0.39 is 57.2 Å². The maximum absolute atomic E-state index is 13.7. The van der Waals surface area contributed by atoms with Gasteiger partial charge in [0.1, 0.15) is 28.0 Å². The van der Waals surface area contributed by atoms with Gasteiger partial charge >= 0.3 is 6.09 Å². The van der Waals surface area contributed by atoms with Crippen molar-refractivity contribution in [3.05, 3.63) is 12.2 Å². The number of ether oxygens (including phenoxy) is 1. The van der Waals surface area contributed by atoms with Gasteiger partial charge in [-0.2, -0.15) is 4.72 Å². The van der Waals surface area contributed by atoms with Crippen molar-refractivity contribution in [3.63, 3.8) is 0 Å². The highest BCUT2D eigenvalue weighted by Gasteiger charge is 2.62. The number of hydrogen-bond donors (Lipinski definition) is 3. The number of rotatable bonds is 5. The second-order valence-corrected chi connectivity index (χ2v) is 14.4. The zero-order valence-corrected chi connectivity index (χ0v) is 25.7. The molecule has 1 aliphatic heterocycles. The van der Waals surface area contributed by atoms with Gasteiger partial charge in [-0.25, -0.2) is 4.79 Å². The van der Waals surface area contributed by atoms with Gasteiger partial charge in [0, 0.05) is 12.5 Å². The fourth-order valence-electron chi connectivity index (χ4n) is 4.65. The predicted octanol–water partition coefficient (Wildman–Crippen LogP) is 3.48. The normalized spacial score (nSPS) is 28.6. The van der Waals surface area contributed by atoms with Crippen LogP contribution in [0.25, 0.3) is 0 Å². The van der Waals surface area contributed by atoms with Crippen LogP contribution in [0.5, 0.6) is 0 Å². The van der Waals surface area contributed by atoms with Crippen molar-refractivity contribution in [1.82, 2.24) is 20.3 Å². The van der Waals surface area contributed by atoms with Crippen LogP contribution in [0.2, 0.25) is 0 Å². The molecule has 1 fully saturated rings. The summed E-state index contributed by atoms with van der Waals surface area (Å²) in [6.07, 6.45) is 7.65. The van der Waals surface area contributed by atoms with Crippen LogP contribution < -0.4 is 15.4 Å². The fourth-order valence-corrected chi connectivity index (χ4v) is 5.30. The number of likely N-dealkylation sites (N-methyl/N-ethyl adjacent to an activating group) is 1.